The van der Waals surface area contributed by atoms with E-state index in [-0.39, 0.29) is 24.3 Å². The lowest BCUT2D eigenvalue weighted by atomic mass is 10.1. The molecule has 7 aromatic carbocycles. The fourth-order valence-corrected chi connectivity index (χ4v) is 11.7. The Kier molecular flexibility index (Phi) is 16.5. The van der Waals surface area contributed by atoms with Crippen LogP contribution in [0.15, 0.2) is 161 Å². The van der Waals surface area contributed by atoms with Crippen molar-refractivity contribution in [2.45, 2.75) is 29.4 Å². The number of fused-ring (bicyclic) bond motifs is 2. The highest BCUT2D eigenvalue weighted by Gasteiger charge is 2.31. The van der Waals surface area contributed by atoms with Gasteiger partial charge in [0.15, 0.2) is 17.2 Å². The zero-order valence-electron chi connectivity index (χ0n) is 42.0. The predicted molar refractivity (Wildman–Crippen MR) is 289 cm³/mol. The number of anilines is 1. The van der Waals surface area contributed by atoms with Gasteiger partial charge in [0.1, 0.15) is 58.6 Å². The monoisotopic (exact) mass is 1340 g/mol. The van der Waals surface area contributed by atoms with Crippen molar-refractivity contribution in [1.82, 2.24) is 9.78 Å². The van der Waals surface area contributed by atoms with Crippen LogP contribution in [-0.2, 0) is 65.5 Å². The summed E-state index contributed by atoms with van der Waals surface area (Å²) in [5.74, 6) is -4.58. The third-order valence-corrected chi connectivity index (χ3v) is 16.9. The maximum atomic E-state index is 13.1. The Morgan fingerprint density at radius 3 is 1.58 bits per heavy atom. The molecule has 8 aromatic rings. The first-order chi connectivity index (χ1) is 40.7. The van der Waals surface area contributed by atoms with Crippen molar-refractivity contribution in [2.24, 2.45) is 40.9 Å². The Bertz CT molecular complexity index is 5260. The second-order valence-electron chi connectivity index (χ2n) is 17.0. The lowest BCUT2D eigenvalue weighted by Gasteiger charge is -2.13. The molecule has 0 aliphatic carbocycles. The number of aromatic nitrogens is 2. The van der Waals surface area contributed by atoms with Gasteiger partial charge in [-0.05, 0) is 60.7 Å². The topological polar surface area (TPSA) is 642 Å². The fourth-order valence-electron chi connectivity index (χ4n) is 7.79. The molecule has 8 rings (SSSR count). The lowest BCUT2D eigenvalue weighted by Crippen LogP contribution is -2.03. The number of benzene rings is 7. The molecule has 46 heteroatoms. The highest BCUT2D eigenvalue weighted by molar-refractivity contribution is 7.87. The minimum absolute atomic E-state index is 0.0968. The molecular weight excluding hydrogens is 1310 g/mol. The summed E-state index contributed by atoms with van der Waals surface area (Å²) in [4.78, 5) is 25.1. The van der Waals surface area contributed by atoms with Crippen LogP contribution in [0.4, 0.5) is 62.6 Å². The summed E-state index contributed by atoms with van der Waals surface area (Å²) in [6, 6.07) is 9.79. The smallest absolute Gasteiger partial charge is 0.299 e. The van der Waals surface area contributed by atoms with E-state index in [2.05, 4.69) is 50.7 Å². The van der Waals surface area contributed by atoms with E-state index in [0.717, 1.165) is 48.5 Å². The van der Waals surface area contributed by atoms with Gasteiger partial charge >= 0.3 is 0 Å². The average Bonchev–Trinajstić information content (AvgIpc) is 0.959. The van der Waals surface area contributed by atoms with Crippen LogP contribution in [0.2, 0.25) is 0 Å². The van der Waals surface area contributed by atoms with Crippen LogP contribution in [-0.4, -0.2) is 119 Å². The molecule has 1 aromatic heterocycles. The van der Waals surface area contributed by atoms with E-state index in [1.807, 2.05) is 0 Å². The number of azo groups is 4. The molecule has 0 aliphatic heterocycles. The Hall–Kier alpha value is -10.4. The molecule has 1 heterocycles. The van der Waals surface area contributed by atoms with E-state index in [9.17, 15) is 118 Å². The van der Waals surface area contributed by atoms with Crippen LogP contribution >= 0.6 is 0 Å². The Morgan fingerprint density at radius 2 is 1.01 bits per heavy atom. The van der Waals surface area contributed by atoms with E-state index in [0.29, 0.717) is 35.0 Å². The molecular formula is C42H27N13O27S6. The van der Waals surface area contributed by atoms with Gasteiger partial charge in [0.05, 0.1) is 31.5 Å². The zero-order valence-corrected chi connectivity index (χ0v) is 46.9. The van der Waals surface area contributed by atoms with Gasteiger partial charge in [0.25, 0.3) is 84.4 Å². The first kappa shape index (κ1) is 63.6. The molecule has 40 nitrogen and oxygen atoms in total. The molecule has 0 aliphatic rings. The summed E-state index contributed by atoms with van der Waals surface area (Å²) in [6.07, 6.45) is 0. The summed E-state index contributed by atoms with van der Waals surface area (Å²) in [6.45, 7) is -0.246. The molecule has 0 saturated carbocycles. The number of rotatable bonds is 19. The fraction of sp³-hybridized carbons (Fsp3) is 0. The molecule has 88 heavy (non-hydrogen) atoms. The molecule has 0 bridgehead atoms. The minimum Gasteiger partial charge on any atom is -0.505 e. The van der Waals surface area contributed by atoms with Gasteiger partial charge in [0.2, 0.25) is 11.6 Å². The molecule has 0 amide bonds. The van der Waals surface area contributed by atoms with E-state index < -0.39 is 207 Å². The summed E-state index contributed by atoms with van der Waals surface area (Å²) in [5.41, 5.74) is -4.91. The van der Waals surface area contributed by atoms with Gasteiger partial charge in [-0.2, -0.15) is 55.2 Å². The molecule has 0 fully saturated rings. The maximum Gasteiger partial charge on any atom is 0.299 e. The van der Waals surface area contributed by atoms with Crippen molar-refractivity contribution >= 4 is 151 Å². The predicted octanol–water partition coefficient (Wildman–Crippen LogP) is 7.37. The summed E-state index contributed by atoms with van der Waals surface area (Å²) < 4.78 is 215. The number of non-ortho nitro benzene ring substituents is 1. The zero-order chi connectivity index (χ0) is 65.1. The van der Waals surface area contributed by atoms with Crippen LogP contribution in [0, 0.1) is 20.2 Å². The number of ether oxygens (including phenoxy) is 1. The third-order valence-electron chi connectivity index (χ3n) is 11.6. The van der Waals surface area contributed by atoms with Gasteiger partial charge in [-0.1, -0.05) is 6.07 Å². The highest BCUT2D eigenvalue weighted by atomic mass is 32.2. The van der Waals surface area contributed by atoms with Crippen molar-refractivity contribution in [1.29, 1.82) is 0 Å². The van der Waals surface area contributed by atoms with Crippen LogP contribution in [0.3, 0.4) is 0 Å². The van der Waals surface area contributed by atoms with Crippen LogP contribution in [0.1, 0.15) is 0 Å². The number of phenols is 2. The minimum atomic E-state index is -5.84. The van der Waals surface area contributed by atoms with Gasteiger partial charge in [0, 0.05) is 40.4 Å². The number of phenolic OH excluding ortho intramolecular Hbond substituents is 2. The van der Waals surface area contributed by atoms with Crippen molar-refractivity contribution in [3.05, 3.63) is 111 Å². The number of hydrogen-bond acceptors (Lipinski definition) is 31. The number of hydrogen-bond donors (Lipinski definition) is 10. The maximum absolute atomic E-state index is 13.1. The summed E-state index contributed by atoms with van der Waals surface area (Å²) >= 11 is 0. The second-order valence-corrected chi connectivity index (χ2v) is 25.3. The van der Waals surface area contributed by atoms with E-state index in [1.165, 1.54) is 0 Å². The number of aromatic hydroxyl groups is 3. The SMILES string of the molecule is Nc1c(N=Nc2ccc3c(O)c(N=Nc4cc(/N=N/c5c(OC=O)nn(-c6ccc(S(=O)(=O)O)cc6)c5O)c(S(=O)(=O)O)cc4[N+](=O)[O-])c(S(=O)(=O)O)cc3c2S(=O)(=O)O)cc(S(=O)(=O)O)c2ccc(N=Nc3ccc([N+](=O)[O-])cc3S(=O)(=O)O)c(O)c12. The van der Waals surface area contributed by atoms with Gasteiger partial charge in [-0.3, -0.25) is 52.3 Å². The second kappa shape index (κ2) is 22.8. The largest absolute Gasteiger partial charge is 0.505 e. The average molecular weight is 1340 g/mol. The standard InChI is InChI=1S/C42H27N13O27S6/c43-35-28(14-30(84(67,68)69)21-7-9-24(39(58)34(21)35)45-44-23-8-3-18(54(60)61)11-31(23)85(70,71)72)49-46-25-10-6-20-22(40(25)88(79,80)81)12-33(87(76,77)78)36(38(20)57)50-47-26-13-27(32(86(73,74)75)15-29(26)55(62)63)48-51-37-41(82-16-56)52-53(42(37)59)17-1-4-19(5-2-17)83(64,65)66/h1-16,57-59H,43H2,(H,64,65,66)(H,67,68,69)(H,70,71,72)(H,73,74,75)(H,76,77,78)(H,79,80,81)/b45-44?,49-46?,50-47?,51-48+. The Labute approximate surface area is 487 Å². The number of carbonyl (C=O) groups is 1. The van der Waals surface area contributed by atoms with Gasteiger partial charge in [-0.25, -0.2) is 0 Å². The Morgan fingerprint density at radius 1 is 0.489 bits per heavy atom. The molecule has 0 radical (unpaired) electrons. The quantitative estimate of drug-likeness (QED) is 0.00942. The summed E-state index contributed by atoms with van der Waals surface area (Å²) in [5, 5.41) is 86.5. The van der Waals surface area contributed by atoms with Crippen LogP contribution in [0.5, 0.6) is 23.3 Å². The van der Waals surface area contributed by atoms with E-state index in [4.69, 9.17) is 5.73 Å². The van der Waals surface area contributed by atoms with Crippen molar-refractivity contribution in [2.75, 3.05) is 5.73 Å². The molecule has 0 spiro atoms. The molecule has 0 saturated heterocycles. The Balaban J connectivity index is 1.25. The van der Waals surface area contributed by atoms with E-state index in [1.54, 1.807) is 0 Å². The number of carbonyl (C=O) groups excluding carboxylic acids is 1. The molecule has 0 atom stereocenters. The van der Waals surface area contributed by atoms with Crippen LogP contribution in [0.25, 0.3) is 27.2 Å². The van der Waals surface area contributed by atoms with E-state index >= 15 is 0 Å². The normalized spacial score (nSPS) is 13.0. The molecule has 11 N–H and O–H groups in total. The number of nitrogens with two attached hydrogens (primary N) is 1. The number of nitro groups is 2. The lowest BCUT2D eigenvalue weighted by molar-refractivity contribution is -0.385. The highest BCUT2D eigenvalue weighted by Crippen LogP contribution is 2.49. The third kappa shape index (κ3) is 12.8. The van der Waals surface area contributed by atoms with Gasteiger partial charge < -0.3 is 25.8 Å². The molecule has 458 valence electrons. The number of nitro benzene ring substituents is 2. The molecule has 0 unspecified atom stereocenters. The number of nitrogen functional groups attached to an aromatic ring is 1. The first-order valence-corrected chi connectivity index (χ1v) is 30.9. The van der Waals surface area contributed by atoms with Crippen LogP contribution < -0.4 is 10.5 Å². The van der Waals surface area contributed by atoms with Gasteiger partial charge in [-0.15, -0.1) is 46.0 Å². The first-order valence-electron chi connectivity index (χ1n) is 22.3. The van der Waals surface area contributed by atoms with Crippen molar-refractivity contribution < 1.29 is 113 Å². The van der Waals surface area contributed by atoms with Crippen molar-refractivity contribution in [3.8, 4) is 28.9 Å². The summed E-state index contributed by atoms with van der Waals surface area (Å²) in [7, 11) is -32.5. The van der Waals surface area contributed by atoms with Crippen molar-refractivity contribution in [3.63, 3.8) is 0 Å². The number of nitrogens with zero attached hydrogens (tertiary/aromatic N) is 12.